The molecule has 2 rings (SSSR count). The maximum atomic E-state index is 10.5. The van der Waals surface area contributed by atoms with Gasteiger partial charge in [0.15, 0.2) is 0 Å². The molecule has 0 aromatic heterocycles. The van der Waals surface area contributed by atoms with Gasteiger partial charge in [-0.1, -0.05) is 11.6 Å². The van der Waals surface area contributed by atoms with Crippen molar-refractivity contribution in [1.82, 2.24) is 0 Å². The largest absolute Gasteiger partial charge is 0.489 e. The summed E-state index contributed by atoms with van der Waals surface area (Å²) in [4.78, 5) is 9.99. The molecule has 0 amide bonds. The molecule has 4 nitrogen and oxygen atoms in total. The van der Waals surface area contributed by atoms with Crippen LogP contribution < -0.4 is 4.74 Å². The van der Waals surface area contributed by atoms with Crippen LogP contribution in [0.2, 0.25) is 5.02 Å². The third-order valence-electron chi connectivity index (χ3n) is 2.47. The van der Waals surface area contributed by atoms with Crippen LogP contribution in [0.5, 0.6) is 5.75 Å². The van der Waals surface area contributed by atoms with E-state index in [0.717, 1.165) is 12.8 Å². The maximum absolute atomic E-state index is 10.5. The molecule has 1 aromatic rings. The predicted molar refractivity (Wildman–Crippen MR) is 56.4 cm³/mol. The van der Waals surface area contributed by atoms with Crippen molar-refractivity contribution in [2.24, 2.45) is 0 Å². The molecule has 1 aliphatic carbocycles. The summed E-state index contributed by atoms with van der Waals surface area (Å²) in [6, 6.07) is 4.27. The van der Waals surface area contributed by atoms with Crippen LogP contribution in [-0.2, 0) is 0 Å². The first-order chi connectivity index (χ1) is 7.16. The Morgan fingerprint density at radius 2 is 2.20 bits per heavy atom. The Kier molecular flexibility index (Phi) is 2.77. The van der Waals surface area contributed by atoms with E-state index in [0.29, 0.717) is 10.8 Å². The molecule has 0 saturated heterocycles. The number of nitrogens with zero attached hydrogens (tertiary/aromatic N) is 1. The molecule has 1 aromatic carbocycles. The molecular formula is C10H10ClNO3. The highest BCUT2D eigenvalue weighted by molar-refractivity contribution is 6.32. The van der Waals surface area contributed by atoms with Crippen molar-refractivity contribution in [3.05, 3.63) is 33.3 Å². The van der Waals surface area contributed by atoms with Crippen molar-refractivity contribution >= 4 is 17.3 Å². The van der Waals surface area contributed by atoms with Gasteiger partial charge in [0.25, 0.3) is 5.69 Å². The molecule has 0 bridgehead atoms. The van der Waals surface area contributed by atoms with Gasteiger partial charge < -0.3 is 4.74 Å². The zero-order chi connectivity index (χ0) is 10.8. The van der Waals surface area contributed by atoms with Gasteiger partial charge in [0.2, 0.25) is 0 Å². The lowest BCUT2D eigenvalue weighted by molar-refractivity contribution is -0.384. The fourth-order valence-electron chi connectivity index (χ4n) is 1.37. The van der Waals surface area contributed by atoms with E-state index >= 15 is 0 Å². The maximum Gasteiger partial charge on any atom is 0.271 e. The van der Waals surface area contributed by atoms with Crippen molar-refractivity contribution in [3.8, 4) is 5.75 Å². The molecule has 5 heteroatoms. The number of non-ortho nitro benzene ring substituents is 1. The van der Waals surface area contributed by atoms with Gasteiger partial charge in [0.1, 0.15) is 5.75 Å². The molecule has 0 spiro atoms. The molecule has 0 atom stereocenters. The Labute approximate surface area is 92.0 Å². The monoisotopic (exact) mass is 227 g/mol. The van der Waals surface area contributed by atoms with Gasteiger partial charge in [-0.05, 0) is 25.3 Å². The van der Waals surface area contributed by atoms with Crippen LogP contribution in [0, 0.1) is 10.1 Å². The summed E-state index contributed by atoms with van der Waals surface area (Å²) < 4.78 is 5.56. The topological polar surface area (TPSA) is 52.4 Å². The minimum Gasteiger partial charge on any atom is -0.489 e. The van der Waals surface area contributed by atoms with Gasteiger partial charge in [-0.3, -0.25) is 10.1 Å². The van der Waals surface area contributed by atoms with Gasteiger partial charge in [-0.25, -0.2) is 0 Å². The average Bonchev–Trinajstić information content (AvgIpc) is 2.12. The lowest BCUT2D eigenvalue weighted by Gasteiger charge is -2.26. The molecular weight excluding hydrogens is 218 g/mol. The summed E-state index contributed by atoms with van der Waals surface area (Å²) in [5.41, 5.74) is -0.0130. The van der Waals surface area contributed by atoms with Gasteiger partial charge in [-0.2, -0.15) is 0 Å². The van der Waals surface area contributed by atoms with Crippen LogP contribution in [0.15, 0.2) is 18.2 Å². The summed E-state index contributed by atoms with van der Waals surface area (Å²) in [6.07, 6.45) is 3.47. The van der Waals surface area contributed by atoms with Crippen molar-refractivity contribution in [2.45, 2.75) is 25.4 Å². The molecule has 1 saturated carbocycles. The fraction of sp³-hybridized carbons (Fsp3) is 0.400. The Morgan fingerprint density at radius 3 is 2.67 bits per heavy atom. The SMILES string of the molecule is O=[N+]([O-])c1ccc(OC2CCC2)c(Cl)c1. The van der Waals surface area contributed by atoms with Crippen LogP contribution in [0.4, 0.5) is 5.69 Å². The van der Waals surface area contributed by atoms with E-state index in [-0.39, 0.29) is 11.8 Å². The summed E-state index contributed by atoms with van der Waals surface area (Å²) >= 11 is 5.87. The second kappa shape index (κ2) is 4.06. The Hall–Kier alpha value is -1.29. The third kappa shape index (κ3) is 2.21. The van der Waals surface area contributed by atoms with Crippen LogP contribution in [0.25, 0.3) is 0 Å². The fourth-order valence-corrected chi connectivity index (χ4v) is 1.59. The number of hydrogen-bond donors (Lipinski definition) is 0. The first kappa shape index (κ1) is 10.2. The smallest absolute Gasteiger partial charge is 0.271 e. The minimum atomic E-state index is -0.473. The Bertz CT molecular complexity index is 390. The third-order valence-corrected chi connectivity index (χ3v) is 2.77. The van der Waals surface area contributed by atoms with Gasteiger partial charge >= 0.3 is 0 Å². The highest BCUT2D eigenvalue weighted by Gasteiger charge is 2.20. The summed E-state index contributed by atoms with van der Waals surface area (Å²) in [5, 5.41) is 10.8. The van der Waals surface area contributed by atoms with Crippen LogP contribution in [0.3, 0.4) is 0 Å². The summed E-state index contributed by atoms with van der Waals surface area (Å²) in [5.74, 6) is 0.534. The molecule has 0 N–H and O–H groups in total. The van der Waals surface area contributed by atoms with Gasteiger partial charge in [-0.15, -0.1) is 0 Å². The minimum absolute atomic E-state index is 0.0130. The standard InChI is InChI=1S/C10H10ClNO3/c11-9-6-7(12(13)14)4-5-10(9)15-8-2-1-3-8/h4-6,8H,1-3H2. The van der Waals surface area contributed by atoms with Crippen LogP contribution in [-0.4, -0.2) is 11.0 Å². The first-order valence-corrected chi connectivity index (χ1v) is 5.15. The number of nitro groups is 1. The van der Waals surface area contributed by atoms with E-state index < -0.39 is 4.92 Å². The number of nitro benzene ring substituents is 1. The number of halogens is 1. The molecule has 15 heavy (non-hydrogen) atoms. The molecule has 1 fully saturated rings. The van der Waals surface area contributed by atoms with E-state index in [1.807, 2.05) is 0 Å². The van der Waals surface area contributed by atoms with Crippen molar-refractivity contribution in [1.29, 1.82) is 0 Å². The molecule has 0 aliphatic heterocycles. The molecule has 80 valence electrons. The van der Waals surface area contributed by atoms with E-state index in [1.54, 1.807) is 6.07 Å². The molecule has 0 unspecified atom stereocenters. The lowest BCUT2D eigenvalue weighted by atomic mass is 9.96. The number of benzene rings is 1. The molecule has 1 aliphatic rings. The quantitative estimate of drug-likeness (QED) is 0.589. The first-order valence-electron chi connectivity index (χ1n) is 4.77. The summed E-state index contributed by atoms with van der Waals surface area (Å²) in [6.45, 7) is 0. The number of ether oxygens (including phenoxy) is 1. The highest BCUT2D eigenvalue weighted by atomic mass is 35.5. The van der Waals surface area contributed by atoms with E-state index in [4.69, 9.17) is 16.3 Å². The lowest BCUT2D eigenvalue weighted by Crippen LogP contribution is -2.24. The van der Waals surface area contributed by atoms with Crippen molar-refractivity contribution < 1.29 is 9.66 Å². The van der Waals surface area contributed by atoms with Crippen molar-refractivity contribution in [3.63, 3.8) is 0 Å². The molecule has 0 radical (unpaired) electrons. The zero-order valence-corrected chi connectivity index (χ0v) is 8.74. The average molecular weight is 228 g/mol. The zero-order valence-electron chi connectivity index (χ0n) is 7.98. The van der Waals surface area contributed by atoms with Crippen molar-refractivity contribution in [2.75, 3.05) is 0 Å². The van der Waals surface area contributed by atoms with E-state index in [1.165, 1.54) is 18.6 Å². The van der Waals surface area contributed by atoms with Crippen LogP contribution >= 0.6 is 11.6 Å². The summed E-state index contributed by atoms with van der Waals surface area (Å²) in [7, 11) is 0. The normalized spacial score (nSPS) is 15.8. The Balaban J connectivity index is 2.14. The van der Waals surface area contributed by atoms with Crippen LogP contribution in [0.1, 0.15) is 19.3 Å². The van der Waals surface area contributed by atoms with Gasteiger partial charge in [0, 0.05) is 12.1 Å². The predicted octanol–water partition coefficient (Wildman–Crippen LogP) is 3.18. The number of hydrogen-bond acceptors (Lipinski definition) is 3. The second-order valence-electron chi connectivity index (χ2n) is 3.54. The van der Waals surface area contributed by atoms with E-state index in [9.17, 15) is 10.1 Å². The Morgan fingerprint density at radius 1 is 1.47 bits per heavy atom. The highest BCUT2D eigenvalue weighted by Crippen LogP contribution is 2.32. The molecule has 0 heterocycles. The van der Waals surface area contributed by atoms with Gasteiger partial charge in [0.05, 0.1) is 16.0 Å². The number of rotatable bonds is 3. The van der Waals surface area contributed by atoms with E-state index in [2.05, 4.69) is 0 Å². The second-order valence-corrected chi connectivity index (χ2v) is 3.95.